The highest BCUT2D eigenvalue weighted by molar-refractivity contribution is 6.36. The minimum atomic E-state index is -1.28. The molecular formula is C39H53N5O7. The van der Waals surface area contributed by atoms with E-state index in [1.165, 1.54) is 29.7 Å². The molecule has 3 aliphatic carbocycles. The SMILES string of the molecule is CCCCCNC(=O)C(=O)CC[C@H](NC(=O)c1oc2c(c1C)CCC=C2)C(=O)Nc1cccn(CC(=O)NC2C(CC)CC3CCCC2C3)c1=O. The molecule has 0 aromatic carbocycles. The number of carbonyl (C=O) groups is 5. The summed E-state index contributed by atoms with van der Waals surface area (Å²) in [5.41, 5.74) is 0.926. The molecule has 2 heterocycles. The molecule has 2 saturated carbocycles. The Morgan fingerprint density at radius 2 is 1.90 bits per heavy atom. The van der Waals surface area contributed by atoms with E-state index < -0.39 is 35.1 Å². The number of aromatic nitrogens is 1. The molecule has 4 unspecified atom stereocenters. The summed E-state index contributed by atoms with van der Waals surface area (Å²) < 4.78 is 7.09. The molecule has 0 spiro atoms. The van der Waals surface area contributed by atoms with Gasteiger partial charge in [0.15, 0.2) is 5.76 Å². The van der Waals surface area contributed by atoms with E-state index in [-0.39, 0.29) is 42.8 Å². The van der Waals surface area contributed by atoms with Crippen molar-refractivity contribution in [1.82, 2.24) is 20.5 Å². The normalized spacial score (nSPS) is 21.2. The lowest BCUT2D eigenvalue weighted by Gasteiger charge is -2.45. The second kappa shape index (κ2) is 17.6. The van der Waals surface area contributed by atoms with Crippen molar-refractivity contribution >= 4 is 41.2 Å². The van der Waals surface area contributed by atoms with Gasteiger partial charge in [-0.1, -0.05) is 52.0 Å². The Labute approximate surface area is 299 Å². The molecule has 2 bridgehead atoms. The van der Waals surface area contributed by atoms with Gasteiger partial charge in [-0.25, -0.2) is 0 Å². The Morgan fingerprint density at radius 1 is 1.08 bits per heavy atom. The molecule has 2 aromatic heterocycles. The van der Waals surface area contributed by atoms with Crippen LogP contribution in [0.1, 0.15) is 118 Å². The number of Topliss-reactive ketones (excluding diaryl/α,β-unsaturated/α-hetero) is 1. The van der Waals surface area contributed by atoms with E-state index in [4.69, 9.17) is 4.42 Å². The molecular weight excluding hydrogens is 650 g/mol. The first-order chi connectivity index (χ1) is 24.6. The number of amides is 4. The standard InChI is InChI=1S/C39H53N5O7/c1-4-6-9-19-40-37(48)31(45)18-17-29(41-38(49)35-24(3)28-14-7-8-16-32(28)51-35)36(47)42-30-15-11-20-44(39(30)50)23-33(46)43-34-26(5-2)21-25-12-10-13-27(34)22-25/h8,11,15-16,20,25-27,29,34H,4-7,9-10,12-14,17-19,21-23H2,1-3H3,(H,40,48)(H,41,49)(H,42,47)(H,43,46)/t25?,26?,27?,29-,34?/m0/s1. The summed E-state index contributed by atoms with van der Waals surface area (Å²) in [4.78, 5) is 79.1. The Balaban J connectivity index is 1.27. The molecule has 0 saturated heterocycles. The minimum absolute atomic E-state index is 0.0597. The van der Waals surface area contributed by atoms with Crippen LogP contribution < -0.4 is 26.8 Å². The second-order valence-electron chi connectivity index (χ2n) is 14.4. The number of hydrogen-bond donors (Lipinski definition) is 4. The molecule has 0 radical (unpaired) electrons. The molecule has 51 heavy (non-hydrogen) atoms. The number of rotatable bonds is 16. The van der Waals surface area contributed by atoms with E-state index in [1.807, 2.05) is 19.1 Å². The fourth-order valence-electron chi connectivity index (χ4n) is 8.06. The number of anilines is 1. The largest absolute Gasteiger partial charge is 0.451 e. The number of nitrogens with zero attached hydrogens (tertiary/aromatic N) is 1. The van der Waals surface area contributed by atoms with Gasteiger partial charge in [-0.05, 0) is 87.8 Å². The van der Waals surface area contributed by atoms with E-state index in [0.29, 0.717) is 29.7 Å². The van der Waals surface area contributed by atoms with Crippen LogP contribution in [-0.2, 0) is 32.1 Å². The number of carbonyl (C=O) groups excluding carboxylic acids is 5. The molecule has 12 nitrogen and oxygen atoms in total. The van der Waals surface area contributed by atoms with Gasteiger partial charge >= 0.3 is 0 Å². The van der Waals surface area contributed by atoms with Gasteiger partial charge in [0, 0.05) is 36.3 Å². The molecule has 4 N–H and O–H groups in total. The number of pyridine rings is 1. The molecule has 0 aliphatic heterocycles. The highest BCUT2D eigenvalue weighted by Crippen LogP contribution is 2.43. The summed E-state index contributed by atoms with van der Waals surface area (Å²) in [6, 6.07) is 1.80. The minimum Gasteiger partial charge on any atom is -0.451 e. The number of unbranched alkanes of at least 4 members (excludes halogenated alkanes) is 2. The first-order valence-electron chi connectivity index (χ1n) is 18.8. The summed E-state index contributed by atoms with van der Waals surface area (Å²) in [5.74, 6) is -0.859. The topological polar surface area (TPSA) is 169 Å². The van der Waals surface area contributed by atoms with Crippen LogP contribution in [0.5, 0.6) is 0 Å². The van der Waals surface area contributed by atoms with Crippen molar-refractivity contribution in [2.24, 2.45) is 17.8 Å². The van der Waals surface area contributed by atoms with Crippen LogP contribution >= 0.6 is 0 Å². The lowest BCUT2D eigenvalue weighted by molar-refractivity contribution is -0.138. The van der Waals surface area contributed by atoms with Gasteiger partial charge in [0.05, 0.1) is 0 Å². The molecule has 5 atom stereocenters. The fourth-order valence-corrected chi connectivity index (χ4v) is 8.06. The second-order valence-corrected chi connectivity index (χ2v) is 14.4. The summed E-state index contributed by atoms with van der Waals surface area (Å²) in [7, 11) is 0. The molecule has 4 amide bonds. The van der Waals surface area contributed by atoms with Crippen molar-refractivity contribution in [3.63, 3.8) is 0 Å². The number of ketones is 1. The number of fused-ring (bicyclic) bond motifs is 3. The van der Waals surface area contributed by atoms with Gasteiger partial charge in [-0.3, -0.25) is 28.8 Å². The first kappa shape index (κ1) is 37.8. The van der Waals surface area contributed by atoms with E-state index in [0.717, 1.165) is 69.3 Å². The Hall–Kier alpha value is -4.48. The Kier molecular flexibility index (Phi) is 13.1. The summed E-state index contributed by atoms with van der Waals surface area (Å²) in [6.45, 7) is 6.15. The molecule has 12 heteroatoms. The smallest absolute Gasteiger partial charge is 0.287 e. The van der Waals surface area contributed by atoms with Crippen LogP contribution in [0.2, 0.25) is 0 Å². The van der Waals surface area contributed by atoms with Gasteiger partial charge in [0.25, 0.3) is 17.4 Å². The summed E-state index contributed by atoms with van der Waals surface area (Å²) in [5, 5.41) is 11.1. The molecule has 3 aliphatic rings. The van der Waals surface area contributed by atoms with Crippen LogP contribution in [-0.4, -0.2) is 52.6 Å². The van der Waals surface area contributed by atoms with Crippen LogP contribution in [0, 0.1) is 24.7 Å². The van der Waals surface area contributed by atoms with E-state index >= 15 is 0 Å². The maximum atomic E-state index is 13.7. The van der Waals surface area contributed by atoms with E-state index in [2.05, 4.69) is 28.2 Å². The molecule has 2 aromatic rings. The third-order valence-corrected chi connectivity index (χ3v) is 10.9. The van der Waals surface area contributed by atoms with E-state index in [1.54, 1.807) is 13.0 Å². The van der Waals surface area contributed by atoms with Crippen molar-refractivity contribution in [2.45, 2.75) is 123 Å². The fraction of sp³-hybridized carbons (Fsp3) is 0.590. The average molecular weight is 704 g/mol. The van der Waals surface area contributed by atoms with Crippen molar-refractivity contribution < 1.29 is 28.4 Å². The highest BCUT2D eigenvalue weighted by atomic mass is 16.4. The zero-order valence-corrected chi connectivity index (χ0v) is 30.2. The lowest BCUT2D eigenvalue weighted by atomic mass is 9.64. The van der Waals surface area contributed by atoms with Gasteiger partial charge in [0.1, 0.15) is 24.0 Å². The van der Waals surface area contributed by atoms with Crippen LogP contribution in [0.25, 0.3) is 6.08 Å². The molecule has 2 fully saturated rings. The maximum absolute atomic E-state index is 13.7. The summed E-state index contributed by atoms with van der Waals surface area (Å²) >= 11 is 0. The predicted octanol–water partition coefficient (Wildman–Crippen LogP) is 4.82. The summed E-state index contributed by atoms with van der Waals surface area (Å²) in [6.07, 6.45) is 15.7. The quantitative estimate of drug-likeness (QED) is 0.144. The third-order valence-electron chi connectivity index (χ3n) is 10.9. The number of allylic oxidation sites excluding steroid dienone is 1. The van der Waals surface area contributed by atoms with Gasteiger partial charge in [-0.2, -0.15) is 0 Å². The molecule has 5 rings (SSSR count). The number of hydrogen-bond acceptors (Lipinski definition) is 7. The maximum Gasteiger partial charge on any atom is 0.287 e. The zero-order valence-electron chi connectivity index (χ0n) is 30.2. The monoisotopic (exact) mass is 703 g/mol. The zero-order chi connectivity index (χ0) is 36.5. The van der Waals surface area contributed by atoms with Gasteiger partial charge in [0.2, 0.25) is 17.6 Å². The van der Waals surface area contributed by atoms with E-state index in [9.17, 15) is 28.8 Å². The van der Waals surface area contributed by atoms with Crippen LogP contribution in [0.15, 0.2) is 33.6 Å². The van der Waals surface area contributed by atoms with Crippen molar-refractivity contribution in [2.75, 3.05) is 11.9 Å². The lowest BCUT2D eigenvalue weighted by Crippen LogP contribution is -2.51. The van der Waals surface area contributed by atoms with Crippen molar-refractivity contribution in [3.8, 4) is 0 Å². The highest BCUT2D eigenvalue weighted by Gasteiger charge is 2.39. The van der Waals surface area contributed by atoms with Gasteiger partial charge in [-0.15, -0.1) is 0 Å². The Bertz CT molecular complexity index is 1690. The first-order valence-corrected chi connectivity index (χ1v) is 18.8. The average Bonchev–Trinajstić information content (AvgIpc) is 3.47. The third kappa shape index (κ3) is 9.45. The van der Waals surface area contributed by atoms with Crippen LogP contribution in [0.4, 0.5) is 5.69 Å². The van der Waals surface area contributed by atoms with Crippen molar-refractivity contribution in [3.05, 3.63) is 57.4 Å². The predicted molar refractivity (Wildman–Crippen MR) is 194 cm³/mol. The van der Waals surface area contributed by atoms with Gasteiger partial charge < -0.3 is 30.3 Å². The number of nitrogens with one attached hydrogen (secondary N) is 4. The Morgan fingerprint density at radius 3 is 2.67 bits per heavy atom. The van der Waals surface area contributed by atoms with Crippen LogP contribution in [0.3, 0.4) is 0 Å². The number of furan rings is 1. The van der Waals surface area contributed by atoms with Crippen molar-refractivity contribution in [1.29, 1.82) is 0 Å². The molecule has 276 valence electrons.